The molecule has 1 aromatic carbocycles. The average Bonchev–Trinajstić information content (AvgIpc) is 2.99. The Morgan fingerprint density at radius 2 is 1.77 bits per heavy atom. The van der Waals surface area contributed by atoms with Gasteiger partial charge in [0.1, 0.15) is 11.4 Å². The van der Waals surface area contributed by atoms with E-state index in [9.17, 15) is 13.2 Å². The summed E-state index contributed by atoms with van der Waals surface area (Å²) >= 11 is 0. The molecule has 1 aromatic heterocycles. The Morgan fingerprint density at radius 3 is 2.27 bits per heavy atom. The van der Waals surface area contributed by atoms with E-state index in [0.717, 1.165) is 0 Å². The number of alkyl halides is 3. The van der Waals surface area contributed by atoms with Crippen molar-refractivity contribution in [2.24, 2.45) is 5.73 Å². The van der Waals surface area contributed by atoms with Gasteiger partial charge >= 0.3 is 6.36 Å². The van der Waals surface area contributed by atoms with Gasteiger partial charge in [0.2, 0.25) is 0 Å². The van der Waals surface area contributed by atoms with Crippen molar-refractivity contribution in [3.8, 4) is 17.0 Å². The highest BCUT2D eigenvalue weighted by molar-refractivity contribution is 5.60. The molecule has 0 amide bonds. The quantitative estimate of drug-likeness (QED) is 0.887. The van der Waals surface area contributed by atoms with E-state index >= 15 is 0 Å². The summed E-state index contributed by atoms with van der Waals surface area (Å²) in [6.45, 7) is 8.17. The van der Waals surface area contributed by atoms with E-state index in [2.05, 4.69) is 9.89 Å². The molecule has 0 saturated carbocycles. The van der Waals surface area contributed by atoms with E-state index in [0.29, 0.717) is 17.0 Å². The molecule has 0 aliphatic rings. The van der Waals surface area contributed by atoms with Gasteiger partial charge in [-0.15, -0.1) is 13.2 Å². The maximum atomic E-state index is 12.1. The Morgan fingerprint density at radius 1 is 1.14 bits per heavy atom. The fourth-order valence-corrected chi connectivity index (χ4v) is 1.40. The van der Waals surface area contributed by atoms with E-state index < -0.39 is 6.36 Å². The maximum absolute atomic E-state index is 12.1. The third-order valence-corrected chi connectivity index (χ3v) is 2.12. The molecule has 0 fully saturated rings. The molecular formula is C15H21F3N2O2. The fourth-order valence-electron chi connectivity index (χ4n) is 1.40. The average molecular weight is 318 g/mol. The maximum Gasteiger partial charge on any atom is 0.573 e. The van der Waals surface area contributed by atoms with Gasteiger partial charge in [-0.1, -0.05) is 45.0 Å². The lowest BCUT2D eigenvalue weighted by atomic mass is 10.1. The second-order valence-electron chi connectivity index (χ2n) is 3.46. The highest BCUT2D eigenvalue weighted by atomic mass is 19.4. The molecule has 2 N–H and O–H groups in total. The van der Waals surface area contributed by atoms with E-state index in [1.807, 2.05) is 27.7 Å². The number of hydrogen-bond donors (Lipinski definition) is 1. The Balaban J connectivity index is 0.00000102. The Hall–Kier alpha value is -2.02. The lowest BCUT2D eigenvalue weighted by Crippen LogP contribution is -2.17. The molecule has 0 radical (unpaired) electrons. The highest BCUT2D eigenvalue weighted by Gasteiger charge is 2.31. The van der Waals surface area contributed by atoms with Gasteiger partial charge in [-0.05, 0) is 12.1 Å². The summed E-state index contributed by atoms with van der Waals surface area (Å²) in [5, 5.41) is 3.70. The zero-order chi connectivity index (χ0) is 17.2. The van der Waals surface area contributed by atoms with Crippen molar-refractivity contribution in [1.82, 2.24) is 5.16 Å². The standard InChI is InChI=1S/C11H9F3N2O2.2C2H6/c12-11(13,14)17-8-3-1-2-7(4-8)10-5-9(6-15)18-16-10;2*1-2/h1-5H,6,15H2;2*1-2H3. The van der Waals surface area contributed by atoms with E-state index in [4.69, 9.17) is 10.3 Å². The monoisotopic (exact) mass is 318 g/mol. The molecule has 22 heavy (non-hydrogen) atoms. The summed E-state index contributed by atoms with van der Waals surface area (Å²) in [5.41, 5.74) is 6.21. The van der Waals surface area contributed by atoms with Crippen LogP contribution in [0.1, 0.15) is 33.5 Å². The van der Waals surface area contributed by atoms with Gasteiger partial charge in [-0.25, -0.2) is 0 Å². The third-order valence-electron chi connectivity index (χ3n) is 2.12. The summed E-state index contributed by atoms with van der Waals surface area (Å²) in [6.07, 6.45) is -4.72. The first-order valence-electron chi connectivity index (χ1n) is 7.00. The molecule has 0 bridgehead atoms. The zero-order valence-corrected chi connectivity index (χ0v) is 13.1. The van der Waals surface area contributed by atoms with Crippen LogP contribution in [0.25, 0.3) is 11.3 Å². The Kier molecular flexibility index (Phi) is 8.93. The molecule has 2 aromatic rings. The fraction of sp³-hybridized carbons (Fsp3) is 0.400. The topological polar surface area (TPSA) is 61.3 Å². The first kappa shape index (κ1) is 20.0. The van der Waals surface area contributed by atoms with Crippen molar-refractivity contribution < 1.29 is 22.4 Å². The summed E-state index contributed by atoms with van der Waals surface area (Å²) in [6, 6.07) is 7.04. The van der Waals surface area contributed by atoms with Crippen LogP contribution in [-0.4, -0.2) is 11.5 Å². The first-order valence-corrected chi connectivity index (χ1v) is 7.00. The number of nitrogens with zero attached hydrogens (tertiary/aromatic N) is 1. The minimum atomic E-state index is -4.72. The van der Waals surface area contributed by atoms with Crippen molar-refractivity contribution in [2.45, 2.75) is 40.6 Å². The molecule has 0 atom stereocenters. The van der Waals surface area contributed by atoms with Gasteiger partial charge < -0.3 is 15.0 Å². The van der Waals surface area contributed by atoms with Crippen LogP contribution < -0.4 is 10.5 Å². The minimum absolute atomic E-state index is 0.172. The number of rotatable bonds is 3. The molecule has 1 heterocycles. The van der Waals surface area contributed by atoms with Gasteiger partial charge in [-0.2, -0.15) is 0 Å². The number of ether oxygens (including phenoxy) is 1. The SMILES string of the molecule is CC.CC.NCc1cc(-c2cccc(OC(F)(F)F)c2)no1. The molecule has 124 valence electrons. The molecule has 4 nitrogen and oxygen atoms in total. The van der Waals surface area contributed by atoms with Crippen LogP contribution in [0.2, 0.25) is 0 Å². The van der Waals surface area contributed by atoms with Crippen molar-refractivity contribution >= 4 is 0 Å². The molecule has 0 aliphatic heterocycles. The zero-order valence-electron chi connectivity index (χ0n) is 13.1. The summed E-state index contributed by atoms with van der Waals surface area (Å²) in [5.74, 6) is 0.143. The van der Waals surface area contributed by atoms with Crippen LogP contribution in [0, 0.1) is 0 Å². The smallest absolute Gasteiger partial charge is 0.406 e. The normalized spacial score (nSPS) is 10.0. The minimum Gasteiger partial charge on any atom is -0.406 e. The summed E-state index contributed by atoms with van der Waals surface area (Å²) in [7, 11) is 0. The van der Waals surface area contributed by atoms with E-state index in [1.165, 1.54) is 18.2 Å². The lowest BCUT2D eigenvalue weighted by molar-refractivity contribution is -0.274. The molecule has 0 aliphatic carbocycles. The van der Waals surface area contributed by atoms with Gasteiger partial charge in [-0.3, -0.25) is 0 Å². The van der Waals surface area contributed by atoms with Gasteiger partial charge in [0.25, 0.3) is 0 Å². The largest absolute Gasteiger partial charge is 0.573 e. The number of nitrogens with two attached hydrogens (primary N) is 1. The summed E-state index contributed by atoms with van der Waals surface area (Å²) < 4.78 is 44.9. The summed E-state index contributed by atoms with van der Waals surface area (Å²) in [4.78, 5) is 0. The van der Waals surface area contributed by atoms with Crippen molar-refractivity contribution in [1.29, 1.82) is 0 Å². The van der Waals surface area contributed by atoms with Gasteiger partial charge in [0.15, 0.2) is 5.76 Å². The molecule has 0 saturated heterocycles. The molecule has 0 unspecified atom stereocenters. The van der Waals surface area contributed by atoms with Crippen LogP contribution in [0.5, 0.6) is 5.75 Å². The van der Waals surface area contributed by atoms with Crippen LogP contribution in [0.3, 0.4) is 0 Å². The van der Waals surface area contributed by atoms with Gasteiger partial charge in [0.05, 0.1) is 6.54 Å². The van der Waals surface area contributed by atoms with E-state index in [1.54, 1.807) is 12.1 Å². The molecular weight excluding hydrogens is 297 g/mol. The number of benzene rings is 1. The highest BCUT2D eigenvalue weighted by Crippen LogP contribution is 2.27. The number of halogens is 3. The van der Waals surface area contributed by atoms with E-state index in [-0.39, 0.29) is 12.3 Å². The predicted octanol–water partition coefficient (Wildman–Crippen LogP) is 4.75. The number of aromatic nitrogens is 1. The molecule has 7 heteroatoms. The third kappa shape index (κ3) is 6.62. The van der Waals surface area contributed by atoms with Crippen molar-refractivity contribution in [3.05, 3.63) is 36.1 Å². The number of hydrogen-bond acceptors (Lipinski definition) is 4. The molecule has 2 rings (SSSR count). The first-order chi connectivity index (χ1) is 10.5. The Bertz CT molecular complexity index is 540. The van der Waals surface area contributed by atoms with Crippen LogP contribution in [-0.2, 0) is 6.54 Å². The van der Waals surface area contributed by atoms with Crippen molar-refractivity contribution in [2.75, 3.05) is 0 Å². The van der Waals surface area contributed by atoms with Gasteiger partial charge in [0, 0.05) is 11.6 Å². The second-order valence-corrected chi connectivity index (χ2v) is 3.46. The van der Waals surface area contributed by atoms with Crippen LogP contribution >= 0.6 is 0 Å². The van der Waals surface area contributed by atoms with Crippen molar-refractivity contribution in [3.63, 3.8) is 0 Å². The Labute approximate surface area is 128 Å². The predicted molar refractivity (Wildman–Crippen MR) is 79.2 cm³/mol. The molecule has 0 spiro atoms. The lowest BCUT2D eigenvalue weighted by Gasteiger charge is -2.08. The van der Waals surface area contributed by atoms with Crippen LogP contribution in [0.4, 0.5) is 13.2 Å². The van der Waals surface area contributed by atoms with Crippen LogP contribution in [0.15, 0.2) is 34.9 Å². The second kappa shape index (κ2) is 9.83.